The lowest BCUT2D eigenvalue weighted by Gasteiger charge is -2.34. The van der Waals surface area contributed by atoms with Gasteiger partial charge in [-0.05, 0) is 67.1 Å². The van der Waals surface area contributed by atoms with E-state index in [1.54, 1.807) is 37.1 Å². The quantitative estimate of drug-likeness (QED) is 0.112. The van der Waals surface area contributed by atoms with Gasteiger partial charge < -0.3 is 33.7 Å². The van der Waals surface area contributed by atoms with Crippen LogP contribution in [-0.4, -0.2) is 94.6 Å². The largest absolute Gasteiger partial charge is 0.493 e. The predicted molar refractivity (Wildman–Crippen MR) is 199 cm³/mol. The molecule has 3 aromatic carbocycles. The lowest BCUT2D eigenvalue weighted by Crippen LogP contribution is -2.38. The Hall–Kier alpha value is -3.26. The van der Waals surface area contributed by atoms with Crippen LogP contribution < -0.4 is 19.3 Å². The first kappa shape index (κ1) is 37.0. The van der Waals surface area contributed by atoms with Crippen molar-refractivity contribution in [1.29, 1.82) is 0 Å². The molecular formula is C37H47N3O7S2. The molecule has 2 aliphatic heterocycles. The number of aliphatic hydroxyl groups excluding tert-OH is 1. The van der Waals surface area contributed by atoms with Crippen LogP contribution in [-0.2, 0) is 33.8 Å². The van der Waals surface area contributed by atoms with Gasteiger partial charge in [0.2, 0.25) is 0 Å². The van der Waals surface area contributed by atoms with Crippen molar-refractivity contribution in [3.05, 3.63) is 76.9 Å². The molecule has 0 aromatic heterocycles. The monoisotopic (exact) mass is 709 g/mol. The van der Waals surface area contributed by atoms with Gasteiger partial charge in [0.1, 0.15) is 6.61 Å². The second kappa shape index (κ2) is 17.6. The molecule has 0 radical (unpaired) electrons. The Balaban J connectivity index is 1.33. The fourth-order valence-electron chi connectivity index (χ4n) is 6.10. The molecule has 2 aliphatic rings. The molecule has 1 atom stereocenters. The zero-order valence-corrected chi connectivity index (χ0v) is 30.6. The van der Waals surface area contributed by atoms with E-state index in [0.29, 0.717) is 62.3 Å². The fourth-order valence-corrected chi connectivity index (χ4v) is 8.27. The maximum Gasteiger partial charge on any atom is 0.261 e. The SMILES string of the molecule is COCCOCCOCCN(CC(C)(C)SSC)c1cc(CO)cc(COc2cc3c(cc2OC)C(=O)N2c4ccccc4C[C@H]2C=N3)c1. The highest BCUT2D eigenvalue weighted by Gasteiger charge is 2.36. The summed E-state index contributed by atoms with van der Waals surface area (Å²) in [5, 5.41) is 10.2. The summed E-state index contributed by atoms with van der Waals surface area (Å²) >= 11 is 0. The van der Waals surface area contributed by atoms with Crippen molar-refractivity contribution in [2.75, 3.05) is 76.4 Å². The van der Waals surface area contributed by atoms with Gasteiger partial charge in [0.15, 0.2) is 11.5 Å². The van der Waals surface area contributed by atoms with E-state index in [-0.39, 0.29) is 29.9 Å². The van der Waals surface area contributed by atoms with Crippen molar-refractivity contribution in [2.24, 2.45) is 4.99 Å². The van der Waals surface area contributed by atoms with Crippen LogP contribution in [0.4, 0.5) is 17.1 Å². The first-order valence-electron chi connectivity index (χ1n) is 16.4. The smallest absolute Gasteiger partial charge is 0.261 e. The van der Waals surface area contributed by atoms with Crippen LogP contribution in [0, 0.1) is 0 Å². The van der Waals surface area contributed by atoms with Gasteiger partial charge in [-0.2, -0.15) is 0 Å². The number of nitrogens with zero attached hydrogens (tertiary/aromatic N) is 3. The number of ether oxygens (including phenoxy) is 5. The molecule has 0 saturated carbocycles. The van der Waals surface area contributed by atoms with E-state index in [9.17, 15) is 9.90 Å². The molecule has 12 heteroatoms. The number of methoxy groups -OCH3 is 2. The van der Waals surface area contributed by atoms with Crippen LogP contribution in [0.5, 0.6) is 11.5 Å². The lowest BCUT2D eigenvalue weighted by atomic mass is 10.1. The second-order valence-electron chi connectivity index (χ2n) is 12.5. The van der Waals surface area contributed by atoms with Crippen molar-refractivity contribution in [3.63, 3.8) is 0 Å². The highest BCUT2D eigenvalue weighted by atomic mass is 33.1. The minimum Gasteiger partial charge on any atom is -0.493 e. The Morgan fingerprint density at radius 2 is 1.73 bits per heavy atom. The van der Waals surface area contributed by atoms with Gasteiger partial charge in [-0.3, -0.25) is 14.7 Å². The summed E-state index contributed by atoms with van der Waals surface area (Å²) in [6, 6.07) is 17.4. The van der Waals surface area contributed by atoms with E-state index >= 15 is 0 Å². The Bertz CT molecular complexity index is 1600. The molecule has 2 heterocycles. The minimum absolute atomic E-state index is 0.0428. The molecule has 0 bridgehead atoms. The third kappa shape index (κ3) is 9.50. The molecule has 0 aliphatic carbocycles. The number of hydrogen-bond donors (Lipinski definition) is 1. The van der Waals surface area contributed by atoms with Gasteiger partial charge >= 0.3 is 0 Å². The third-order valence-electron chi connectivity index (χ3n) is 8.30. The summed E-state index contributed by atoms with van der Waals surface area (Å²) in [4.78, 5) is 22.7. The number of carbonyl (C=O) groups excluding carboxylic acids is 1. The van der Waals surface area contributed by atoms with E-state index in [4.69, 9.17) is 28.7 Å². The number of anilines is 2. The Kier molecular flexibility index (Phi) is 13.3. The van der Waals surface area contributed by atoms with Gasteiger partial charge in [-0.15, -0.1) is 0 Å². The molecular weight excluding hydrogens is 663 g/mol. The number of hydrogen-bond acceptors (Lipinski definition) is 11. The highest BCUT2D eigenvalue weighted by Crippen LogP contribution is 2.41. The standard InChI is InChI=1S/C37H47N3O7S2/c1-37(2,49-48-5)25-39(10-11-45-14-15-46-13-12-43-3)29-17-26(23-41)16-27(18-29)24-47-35-21-32-31(20-34(35)44-4)36(42)40-30(22-38-32)19-28-8-6-7-9-33(28)40/h6-9,16-18,20-22,30,41H,10-15,19,23-25H2,1-5H3/t30-/m0/s1. The molecule has 1 amide bonds. The van der Waals surface area contributed by atoms with Gasteiger partial charge in [-0.25, -0.2) is 0 Å². The van der Waals surface area contributed by atoms with Crippen LogP contribution in [0.2, 0.25) is 0 Å². The maximum atomic E-state index is 13.8. The summed E-state index contributed by atoms with van der Waals surface area (Å²) < 4.78 is 28.5. The van der Waals surface area contributed by atoms with E-state index in [1.807, 2.05) is 52.2 Å². The highest BCUT2D eigenvalue weighted by molar-refractivity contribution is 8.77. The van der Waals surface area contributed by atoms with Crippen LogP contribution in [0.1, 0.15) is 40.9 Å². The van der Waals surface area contributed by atoms with Crippen molar-refractivity contribution in [1.82, 2.24) is 0 Å². The minimum atomic E-state index is -0.144. The third-order valence-corrected chi connectivity index (χ3v) is 10.9. The van der Waals surface area contributed by atoms with Gasteiger partial charge in [0.25, 0.3) is 5.91 Å². The summed E-state index contributed by atoms with van der Waals surface area (Å²) in [7, 11) is 6.79. The van der Waals surface area contributed by atoms with Crippen molar-refractivity contribution in [2.45, 2.75) is 44.3 Å². The number of rotatable bonds is 19. The molecule has 5 rings (SSSR count). The van der Waals surface area contributed by atoms with E-state index in [2.05, 4.69) is 37.1 Å². The normalized spacial score (nSPS) is 15.1. The fraction of sp³-hybridized carbons (Fsp3) is 0.459. The molecule has 49 heavy (non-hydrogen) atoms. The number of amides is 1. The number of benzene rings is 3. The molecule has 0 spiro atoms. The summed E-state index contributed by atoms with van der Waals surface area (Å²) in [6.45, 7) is 8.66. The first-order valence-corrected chi connectivity index (χ1v) is 19.0. The van der Waals surface area contributed by atoms with E-state index in [0.717, 1.165) is 41.0 Å². The predicted octanol–water partition coefficient (Wildman–Crippen LogP) is 6.33. The lowest BCUT2D eigenvalue weighted by molar-refractivity contribution is 0.0264. The average molecular weight is 710 g/mol. The number of para-hydroxylation sites is 1. The van der Waals surface area contributed by atoms with Crippen molar-refractivity contribution < 1.29 is 33.6 Å². The number of aliphatic hydroxyl groups is 1. The van der Waals surface area contributed by atoms with Gasteiger partial charge in [-0.1, -0.05) is 39.8 Å². The van der Waals surface area contributed by atoms with Crippen molar-refractivity contribution >= 4 is 50.8 Å². The van der Waals surface area contributed by atoms with Crippen LogP contribution in [0.3, 0.4) is 0 Å². The zero-order chi connectivity index (χ0) is 34.8. The Labute approximate surface area is 297 Å². The number of aliphatic imine (C=N–C) groups is 1. The topological polar surface area (TPSA) is 102 Å². The molecule has 3 aromatic rings. The molecule has 264 valence electrons. The van der Waals surface area contributed by atoms with Crippen molar-refractivity contribution in [3.8, 4) is 11.5 Å². The Morgan fingerprint density at radius 3 is 2.49 bits per heavy atom. The average Bonchev–Trinajstić information content (AvgIpc) is 3.42. The number of carbonyl (C=O) groups is 1. The molecule has 0 saturated heterocycles. The second-order valence-corrected chi connectivity index (χ2v) is 15.6. The van der Waals surface area contributed by atoms with E-state index in [1.165, 1.54) is 0 Å². The van der Waals surface area contributed by atoms with Gasteiger partial charge in [0.05, 0.1) is 64.0 Å². The molecule has 0 unspecified atom stereocenters. The van der Waals surface area contributed by atoms with E-state index < -0.39 is 0 Å². The van der Waals surface area contributed by atoms with Crippen LogP contribution in [0.25, 0.3) is 0 Å². The Morgan fingerprint density at radius 1 is 0.980 bits per heavy atom. The summed E-state index contributed by atoms with van der Waals surface area (Å²) in [5.74, 6) is 0.825. The van der Waals surface area contributed by atoms with Crippen LogP contribution in [0.15, 0.2) is 59.6 Å². The molecule has 10 nitrogen and oxygen atoms in total. The molecule has 1 N–H and O–H groups in total. The summed E-state index contributed by atoms with van der Waals surface area (Å²) in [6.07, 6.45) is 4.66. The van der Waals surface area contributed by atoms with Crippen LogP contribution >= 0.6 is 21.6 Å². The number of fused-ring (bicyclic) bond motifs is 4. The van der Waals surface area contributed by atoms with Gasteiger partial charge in [0, 0.05) is 55.0 Å². The maximum absolute atomic E-state index is 13.8. The summed E-state index contributed by atoms with van der Waals surface area (Å²) in [5.41, 5.74) is 5.71. The zero-order valence-electron chi connectivity index (χ0n) is 29.0. The molecule has 0 fully saturated rings. The first-order chi connectivity index (χ1) is 23.8.